The summed E-state index contributed by atoms with van der Waals surface area (Å²) in [6.07, 6.45) is -1.39. The van der Waals surface area contributed by atoms with Crippen LogP contribution in [0.2, 0.25) is 5.02 Å². The van der Waals surface area contributed by atoms with Crippen molar-refractivity contribution in [1.29, 1.82) is 5.26 Å². The number of anilines is 1. The number of sulfone groups is 1. The van der Waals surface area contributed by atoms with E-state index in [9.17, 15) is 26.9 Å². The van der Waals surface area contributed by atoms with E-state index in [1.807, 2.05) is 0 Å². The van der Waals surface area contributed by atoms with Gasteiger partial charge in [0, 0.05) is 29.3 Å². The summed E-state index contributed by atoms with van der Waals surface area (Å²) in [5, 5.41) is 12.9. The van der Waals surface area contributed by atoms with Gasteiger partial charge in [-0.15, -0.1) is 4.99 Å². The van der Waals surface area contributed by atoms with E-state index in [-0.39, 0.29) is 31.1 Å². The van der Waals surface area contributed by atoms with E-state index >= 15 is 0 Å². The molecule has 204 valence electrons. The van der Waals surface area contributed by atoms with Crippen LogP contribution in [-0.2, 0) is 21.6 Å². The minimum absolute atomic E-state index is 0.0988. The van der Waals surface area contributed by atoms with Gasteiger partial charge in [0.2, 0.25) is 12.2 Å². The van der Waals surface area contributed by atoms with Gasteiger partial charge in [-0.2, -0.15) is 18.4 Å². The molecule has 1 heterocycles. The van der Waals surface area contributed by atoms with Crippen molar-refractivity contribution in [3.8, 4) is 17.7 Å². The highest BCUT2D eigenvalue weighted by Crippen LogP contribution is 2.42. The second-order valence-electron chi connectivity index (χ2n) is 9.12. The van der Waals surface area contributed by atoms with Crippen molar-refractivity contribution >= 4 is 33.1 Å². The third kappa shape index (κ3) is 6.64. The maximum atomic E-state index is 13.7. The minimum Gasteiger partial charge on any atom is -0.457 e. The zero-order valence-corrected chi connectivity index (χ0v) is 22.3. The first-order chi connectivity index (χ1) is 18.4. The molecule has 1 aliphatic rings. The summed E-state index contributed by atoms with van der Waals surface area (Å²) in [4.78, 5) is 5.53. The average Bonchev–Trinajstić information content (AvgIpc) is 3.24. The van der Waals surface area contributed by atoms with Gasteiger partial charge in [-0.05, 0) is 79.1 Å². The molecule has 12 heteroatoms. The summed E-state index contributed by atoms with van der Waals surface area (Å²) >= 11 is 5.92. The predicted molar refractivity (Wildman–Crippen MR) is 144 cm³/mol. The van der Waals surface area contributed by atoms with Crippen molar-refractivity contribution < 1.29 is 26.3 Å². The largest absolute Gasteiger partial charge is 0.457 e. The quantitative estimate of drug-likeness (QED) is 0.325. The first-order valence-corrected chi connectivity index (χ1v) is 14.2. The molecule has 0 bridgehead atoms. The summed E-state index contributed by atoms with van der Waals surface area (Å²) in [6.45, 7) is 0.0988. The Bertz CT molecular complexity index is 1500. The molecule has 39 heavy (non-hydrogen) atoms. The van der Waals surface area contributed by atoms with Crippen LogP contribution >= 0.6 is 11.6 Å². The lowest BCUT2D eigenvalue weighted by atomic mass is 9.83. The van der Waals surface area contributed by atoms with E-state index in [0.29, 0.717) is 27.8 Å². The maximum Gasteiger partial charge on any atom is 0.416 e. The van der Waals surface area contributed by atoms with Crippen LogP contribution in [0.1, 0.15) is 24.0 Å². The van der Waals surface area contributed by atoms with Gasteiger partial charge in [0.15, 0.2) is 0 Å². The van der Waals surface area contributed by atoms with Gasteiger partial charge < -0.3 is 10.1 Å². The zero-order chi connectivity index (χ0) is 28.3. The summed E-state index contributed by atoms with van der Waals surface area (Å²) < 4.78 is 70.6. The standard InChI is InChI=1S/C27H24ClF3N4O3S/c1-39(36,37)15-3-14-26(19-4-2-5-20(16-19)27(29,30)31)17-33-25(34-18-32)35(26)22-8-12-24(13-9-22)38-23-10-6-21(28)7-11-23/h2,4-13,16H,3,14-15,17H2,1H3,(H,33,34). The summed E-state index contributed by atoms with van der Waals surface area (Å²) in [6, 6.07) is 18.5. The molecule has 0 saturated carbocycles. The average molecular weight is 577 g/mol. The molecule has 1 fully saturated rings. The number of hydrogen-bond donors (Lipinski definition) is 1. The van der Waals surface area contributed by atoms with E-state index in [4.69, 9.17) is 16.3 Å². The monoisotopic (exact) mass is 576 g/mol. The van der Waals surface area contributed by atoms with Gasteiger partial charge in [0.1, 0.15) is 21.3 Å². The summed E-state index contributed by atoms with van der Waals surface area (Å²) in [7, 11) is -3.33. The molecule has 0 radical (unpaired) electrons. The van der Waals surface area contributed by atoms with Crippen molar-refractivity contribution in [2.24, 2.45) is 4.99 Å². The van der Waals surface area contributed by atoms with Crippen LogP contribution in [0.3, 0.4) is 0 Å². The van der Waals surface area contributed by atoms with Crippen LogP contribution in [0.5, 0.6) is 11.5 Å². The Labute approximate surface area is 229 Å². The normalized spacial score (nSPS) is 18.6. The molecule has 7 nitrogen and oxygen atoms in total. The Morgan fingerprint density at radius 2 is 1.74 bits per heavy atom. The number of nitrogens with one attached hydrogen (secondary N) is 1. The number of halogens is 4. The number of guanidine groups is 1. The minimum atomic E-state index is -4.58. The number of benzene rings is 3. The molecule has 1 N–H and O–H groups in total. The Kier molecular flexibility index (Phi) is 8.09. The van der Waals surface area contributed by atoms with Crippen molar-refractivity contribution in [2.45, 2.75) is 24.6 Å². The van der Waals surface area contributed by atoms with E-state index in [2.05, 4.69) is 10.3 Å². The number of nitrogens with zero attached hydrogens (tertiary/aromatic N) is 3. The third-order valence-corrected chi connectivity index (χ3v) is 7.59. The highest BCUT2D eigenvalue weighted by atomic mass is 35.5. The molecule has 4 rings (SSSR count). The molecule has 0 amide bonds. The summed E-state index contributed by atoms with van der Waals surface area (Å²) in [5.74, 6) is 1.04. The second-order valence-corrected chi connectivity index (χ2v) is 11.8. The Balaban J connectivity index is 1.78. The fourth-order valence-electron chi connectivity index (χ4n) is 4.58. The molecule has 3 aromatic carbocycles. The van der Waals surface area contributed by atoms with E-state index in [1.165, 1.54) is 6.07 Å². The number of nitriles is 1. The smallest absolute Gasteiger partial charge is 0.416 e. The van der Waals surface area contributed by atoms with E-state index < -0.39 is 27.1 Å². The molecule has 1 saturated heterocycles. The van der Waals surface area contributed by atoms with Gasteiger partial charge in [-0.1, -0.05) is 23.7 Å². The Morgan fingerprint density at radius 3 is 2.33 bits per heavy atom. The zero-order valence-electron chi connectivity index (χ0n) is 20.7. The lowest BCUT2D eigenvalue weighted by Gasteiger charge is -2.39. The first kappa shape index (κ1) is 28.3. The lowest BCUT2D eigenvalue weighted by molar-refractivity contribution is -0.137. The van der Waals surface area contributed by atoms with Crippen LogP contribution in [0.4, 0.5) is 18.9 Å². The van der Waals surface area contributed by atoms with Gasteiger partial charge in [-0.25, -0.2) is 8.42 Å². The number of alkyl halides is 3. The molecular weight excluding hydrogens is 553 g/mol. The Morgan fingerprint density at radius 1 is 1.10 bits per heavy atom. The van der Waals surface area contributed by atoms with Gasteiger partial charge in [-0.3, -0.25) is 4.90 Å². The van der Waals surface area contributed by atoms with Crippen LogP contribution in [-0.4, -0.2) is 32.9 Å². The highest BCUT2D eigenvalue weighted by molar-refractivity contribution is 7.90. The SMILES string of the molecule is CS(=O)(=O)CCCC1(c2cccc(C(F)(F)F)c2)CNC(=NC#N)N1c1ccc(Oc2ccc(Cl)cc2)cc1. The van der Waals surface area contributed by atoms with Crippen molar-refractivity contribution in [3.63, 3.8) is 0 Å². The fraction of sp³-hybridized carbons (Fsp3) is 0.259. The van der Waals surface area contributed by atoms with Crippen LogP contribution in [0.15, 0.2) is 77.8 Å². The van der Waals surface area contributed by atoms with Gasteiger partial charge in [0.25, 0.3) is 0 Å². The topological polar surface area (TPSA) is 94.8 Å². The van der Waals surface area contributed by atoms with E-state index in [0.717, 1.165) is 18.4 Å². The van der Waals surface area contributed by atoms with Crippen LogP contribution < -0.4 is 15.0 Å². The second kappa shape index (κ2) is 11.2. The summed E-state index contributed by atoms with van der Waals surface area (Å²) in [5.41, 5.74) is -1.17. The highest BCUT2D eigenvalue weighted by Gasteiger charge is 2.47. The van der Waals surface area contributed by atoms with Crippen molar-refractivity contribution in [3.05, 3.63) is 88.9 Å². The molecule has 3 aromatic rings. The van der Waals surface area contributed by atoms with Crippen molar-refractivity contribution in [1.82, 2.24) is 5.32 Å². The predicted octanol–water partition coefficient (Wildman–Crippen LogP) is 6.12. The van der Waals surface area contributed by atoms with Crippen LogP contribution in [0, 0.1) is 11.5 Å². The number of hydrogen-bond acceptors (Lipinski definition) is 5. The number of rotatable bonds is 8. The molecular formula is C27H24ClF3N4O3S. The van der Waals surface area contributed by atoms with Gasteiger partial charge in [0.05, 0.1) is 11.1 Å². The van der Waals surface area contributed by atoms with E-state index in [1.54, 1.807) is 65.7 Å². The molecule has 0 aliphatic carbocycles. The lowest BCUT2D eigenvalue weighted by Crippen LogP contribution is -2.46. The molecule has 0 spiro atoms. The molecule has 1 atom stereocenters. The third-order valence-electron chi connectivity index (χ3n) is 6.31. The molecule has 1 aliphatic heterocycles. The Hall–Kier alpha value is -3.75. The van der Waals surface area contributed by atoms with Crippen molar-refractivity contribution in [2.75, 3.05) is 23.5 Å². The van der Waals surface area contributed by atoms with Crippen LogP contribution in [0.25, 0.3) is 0 Å². The fourth-order valence-corrected chi connectivity index (χ4v) is 5.38. The first-order valence-electron chi connectivity index (χ1n) is 11.8. The molecule has 0 aromatic heterocycles. The molecule has 1 unspecified atom stereocenters. The maximum absolute atomic E-state index is 13.7. The number of ether oxygens (including phenoxy) is 1. The van der Waals surface area contributed by atoms with Gasteiger partial charge >= 0.3 is 6.18 Å². The number of aliphatic imine (C=N–C) groups is 1.